The number of benzene rings is 1. The third-order valence-electron chi connectivity index (χ3n) is 7.54. The molecule has 3 rings (SSSR count). The van der Waals surface area contributed by atoms with Crippen LogP contribution < -0.4 is 5.32 Å². The summed E-state index contributed by atoms with van der Waals surface area (Å²) in [7, 11) is 0. The number of hydrogen-bond donors (Lipinski definition) is 1. The van der Waals surface area contributed by atoms with Gasteiger partial charge in [-0.15, -0.1) is 0 Å². The Morgan fingerprint density at radius 3 is 2.21 bits per heavy atom. The molecule has 2 aliphatic rings. The normalized spacial score (nSPS) is 20.8. The molecule has 10 nitrogen and oxygen atoms in total. The van der Waals surface area contributed by atoms with E-state index in [2.05, 4.69) is 5.32 Å². The number of imide groups is 1. The van der Waals surface area contributed by atoms with E-state index in [-0.39, 0.29) is 25.0 Å². The molecule has 1 N–H and O–H groups in total. The molecule has 1 aromatic rings. The lowest BCUT2D eigenvalue weighted by Crippen LogP contribution is -2.55. The van der Waals surface area contributed by atoms with Crippen LogP contribution in [0, 0.1) is 5.92 Å². The number of nitrogens with one attached hydrogen (secondary N) is 1. The van der Waals surface area contributed by atoms with Gasteiger partial charge in [-0.2, -0.15) is 0 Å². The van der Waals surface area contributed by atoms with E-state index >= 15 is 0 Å². The van der Waals surface area contributed by atoms with Crippen molar-refractivity contribution >= 4 is 35.7 Å². The average Bonchev–Trinajstić information content (AvgIpc) is 3.50. The summed E-state index contributed by atoms with van der Waals surface area (Å²) >= 11 is 6.38. The third kappa shape index (κ3) is 8.75. The van der Waals surface area contributed by atoms with Crippen LogP contribution in [-0.4, -0.2) is 75.2 Å². The molecule has 2 heterocycles. The second-order valence-electron chi connectivity index (χ2n) is 13.2. The van der Waals surface area contributed by atoms with Crippen LogP contribution >= 0.6 is 11.6 Å². The molecule has 0 aromatic heterocycles. The van der Waals surface area contributed by atoms with Crippen LogP contribution in [0.15, 0.2) is 18.2 Å². The first-order valence-corrected chi connectivity index (χ1v) is 15.2. The molecule has 0 saturated carbocycles. The Bertz CT molecular complexity index is 1160. The molecular weight excluding hydrogens is 560 g/mol. The Balaban J connectivity index is 1.96. The molecule has 2 saturated heterocycles. The van der Waals surface area contributed by atoms with Gasteiger partial charge in [0.05, 0.1) is 6.54 Å². The SMILES string of the molecule is CCC1CCN(C(=O)OC(C)(C)C)[C@@H]1C(=O)N(Cc1cc(Cl)ccc1CNC(=O)OC(C)(C)C)C(=O)N1CCC[C@H]1C. The van der Waals surface area contributed by atoms with Crippen molar-refractivity contribution in [2.75, 3.05) is 13.1 Å². The smallest absolute Gasteiger partial charge is 0.410 e. The molecule has 0 aliphatic carbocycles. The van der Waals surface area contributed by atoms with Gasteiger partial charge in [0.1, 0.15) is 17.2 Å². The molecule has 0 radical (unpaired) electrons. The Labute approximate surface area is 255 Å². The summed E-state index contributed by atoms with van der Waals surface area (Å²) in [6.45, 7) is 15.6. The predicted molar refractivity (Wildman–Crippen MR) is 161 cm³/mol. The minimum Gasteiger partial charge on any atom is -0.444 e. The molecule has 5 amide bonds. The first-order valence-electron chi connectivity index (χ1n) is 14.9. The van der Waals surface area contributed by atoms with Crippen molar-refractivity contribution in [1.82, 2.24) is 20.0 Å². The average molecular weight is 607 g/mol. The van der Waals surface area contributed by atoms with E-state index in [9.17, 15) is 19.2 Å². The van der Waals surface area contributed by atoms with Gasteiger partial charge in [0.25, 0.3) is 5.91 Å². The van der Waals surface area contributed by atoms with Crippen LogP contribution in [0.1, 0.15) is 92.2 Å². The number of carbonyl (C=O) groups is 4. The molecule has 2 fully saturated rings. The number of amides is 5. The van der Waals surface area contributed by atoms with Gasteiger partial charge in [-0.05, 0) is 96.9 Å². The lowest BCUT2D eigenvalue weighted by atomic mass is 9.96. The molecule has 1 aromatic carbocycles. The summed E-state index contributed by atoms with van der Waals surface area (Å²) in [5.41, 5.74) is -0.0898. The van der Waals surface area contributed by atoms with Crippen molar-refractivity contribution in [3.63, 3.8) is 0 Å². The number of hydrogen-bond acceptors (Lipinski definition) is 6. The standard InChI is InChI=1S/C31H47ClN4O6/c1-9-21-14-16-35(29(40)42-31(6,7)8)25(21)26(37)36(28(39)34-15-10-11-20(34)2)19-23-17-24(32)13-12-22(23)18-33-27(38)41-30(3,4)5/h12-13,17,20-21,25H,9-11,14-16,18-19H2,1-8H3,(H,33,38)/t20-,21?,25+/m1/s1. The molecule has 3 atom stereocenters. The molecule has 1 unspecified atom stereocenters. The van der Waals surface area contributed by atoms with E-state index in [4.69, 9.17) is 21.1 Å². The zero-order valence-electron chi connectivity index (χ0n) is 26.3. The molecule has 0 bridgehead atoms. The van der Waals surface area contributed by atoms with Crippen molar-refractivity contribution in [3.8, 4) is 0 Å². The summed E-state index contributed by atoms with van der Waals surface area (Å²) in [6, 6.07) is 3.90. The van der Waals surface area contributed by atoms with Crippen molar-refractivity contribution < 1.29 is 28.7 Å². The predicted octanol–water partition coefficient (Wildman–Crippen LogP) is 6.33. The van der Waals surface area contributed by atoms with Crippen molar-refractivity contribution in [2.45, 2.75) is 117 Å². The maximum atomic E-state index is 14.4. The number of urea groups is 1. The Morgan fingerprint density at radius 1 is 0.976 bits per heavy atom. The van der Waals surface area contributed by atoms with Gasteiger partial charge in [0, 0.05) is 30.7 Å². The summed E-state index contributed by atoms with van der Waals surface area (Å²) in [5, 5.41) is 3.19. The van der Waals surface area contributed by atoms with Gasteiger partial charge >= 0.3 is 18.2 Å². The number of carbonyl (C=O) groups excluding carboxylic acids is 4. The summed E-state index contributed by atoms with van der Waals surface area (Å²) in [6.07, 6.45) is 1.85. The summed E-state index contributed by atoms with van der Waals surface area (Å²) < 4.78 is 11.0. The second kappa shape index (κ2) is 13.5. The highest BCUT2D eigenvalue weighted by Crippen LogP contribution is 2.32. The highest BCUT2D eigenvalue weighted by molar-refractivity contribution is 6.30. The fourth-order valence-corrected chi connectivity index (χ4v) is 5.68. The Morgan fingerprint density at radius 2 is 1.64 bits per heavy atom. The highest BCUT2D eigenvalue weighted by Gasteiger charge is 2.46. The maximum absolute atomic E-state index is 14.4. The van der Waals surface area contributed by atoms with Crippen LogP contribution in [0.3, 0.4) is 0 Å². The van der Waals surface area contributed by atoms with Crippen LogP contribution in [0.5, 0.6) is 0 Å². The minimum absolute atomic E-state index is 0.0204. The van der Waals surface area contributed by atoms with E-state index in [1.807, 2.05) is 13.8 Å². The molecule has 11 heteroatoms. The van der Waals surface area contributed by atoms with Crippen molar-refractivity contribution in [1.29, 1.82) is 0 Å². The minimum atomic E-state index is -0.839. The fraction of sp³-hybridized carbons (Fsp3) is 0.677. The van der Waals surface area contributed by atoms with E-state index in [1.165, 1.54) is 9.80 Å². The quantitative estimate of drug-likeness (QED) is 0.405. The number of likely N-dealkylation sites (tertiary alicyclic amines) is 2. The summed E-state index contributed by atoms with van der Waals surface area (Å²) in [5.74, 6) is -0.565. The van der Waals surface area contributed by atoms with Gasteiger partial charge in [-0.1, -0.05) is 31.0 Å². The zero-order chi connectivity index (χ0) is 31.4. The topological polar surface area (TPSA) is 108 Å². The van der Waals surface area contributed by atoms with Gasteiger partial charge in [0.15, 0.2) is 0 Å². The van der Waals surface area contributed by atoms with Crippen LogP contribution in [0.25, 0.3) is 0 Å². The van der Waals surface area contributed by atoms with E-state index in [0.717, 1.165) is 12.8 Å². The first kappa shape index (κ1) is 33.5. The molecular formula is C31H47ClN4O6. The van der Waals surface area contributed by atoms with E-state index in [0.29, 0.717) is 42.1 Å². The second-order valence-corrected chi connectivity index (χ2v) is 13.7. The first-order chi connectivity index (χ1) is 19.5. The number of nitrogens with zero attached hydrogens (tertiary/aromatic N) is 3. The highest BCUT2D eigenvalue weighted by atomic mass is 35.5. The monoisotopic (exact) mass is 606 g/mol. The lowest BCUT2D eigenvalue weighted by molar-refractivity contribution is -0.135. The molecule has 0 spiro atoms. The molecule has 42 heavy (non-hydrogen) atoms. The maximum Gasteiger partial charge on any atom is 0.410 e. The number of rotatable bonds is 6. The third-order valence-corrected chi connectivity index (χ3v) is 7.78. The van der Waals surface area contributed by atoms with Gasteiger partial charge in [-0.3, -0.25) is 14.6 Å². The Kier molecular flexibility index (Phi) is 10.8. The van der Waals surface area contributed by atoms with Crippen LogP contribution in [-0.2, 0) is 27.4 Å². The Hall–Kier alpha value is -3.01. The van der Waals surface area contributed by atoms with Crippen LogP contribution in [0.2, 0.25) is 5.02 Å². The number of ether oxygens (including phenoxy) is 2. The van der Waals surface area contributed by atoms with Gasteiger partial charge in [0.2, 0.25) is 0 Å². The molecule has 2 aliphatic heterocycles. The fourth-order valence-electron chi connectivity index (χ4n) is 5.48. The van der Waals surface area contributed by atoms with Gasteiger partial charge < -0.3 is 19.7 Å². The number of alkyl carbamates (subject to hydrolysis) is 1. The van der Waals surface area contributed by atoms with Gasteiger partial charge in [-0.25, -0.2) is 14.4 Å². The van der Waals surface area contributed by atoms with E-state index in [1.54, 1.807) is 64.6 Å². The van der Waals surface area contributed by atoms with E-state index < -0.39 is 41.4 Å². The lowest BCUT2D eigenvalue weighted by Gasteiger charge is -2.35. The zero-order valence-corrected chi connectivity index (χ0v) is 27.0. The largest absolute Gasteiger partial charge is 0.444 e. The molecule has 234 valence electrons. The van der Waals surface area contributed by atoms with Crippen molar-refractivity contribution in [2.24, 2.45) is 5.92 Å². The summed E-state index contributed by atoms with van der Waals surface area (Å²) in [4.78, 5) is 58.5. The van der Waals surface area contributed by atoms with Crippen molar-refractivity contribution in [3.05, 3.63) is 34.3 Å². The van der Waals surface area contributed by atoms with Crippen LogP contribution in [0.4, 0.5) is 14.4 Å². The number of halogens is 1.